The normalized spacial score (nSPS) is 11.9. The van der Waals surface area contributed by atoms with Crippen molar-refractivity contribution in [2.45, 2.75) is 33.2 Å². The van der Waals surface area contributed by atoms with Crippen LogP contribution in [0.15, 0.2) is 47.0 Å². The lowest BCUT2D eigenvalue weighted by atomic mass is 9.90. The predicted octanol–water partition coefficient (Wildman–Crippen LogP) is 4.63. The van der Waals surface area contributed by atoms with E-state index in [9.17, 15) is 4.79 Å². The number of halogens is 1. The molecule has 0 bridgehead atoms. The van der Waals surface area contributed by atoms with Gasteiger partial charge in [0.25, 0.3) is 0 Å². The zero-order chi connectivity index (χ0) is 21.1. The van der Waals surface area contributed by atoms with E-state index in [0.29, 0.717) is 17.2 Å². The Morgan fingerprint density at radius 3 is 2.52 bits per heavy atom. The molecule has 0 aliphatic carbocycles. The first-order valence-corrected chi connectivity index (χ1v) is 9.61. The van der Waals surface area contributed by atoms with Crippen molar-refractivity contribution in [2.24, 2.45) is 5.73 Å². The fourth-order valence-electron chi connectivity index (χ4n) is 3.45. The van der Waals surface area contributed by atoms with Gasteiger partial charge in [-0.05, 0) is 50.5 Å². The molecule has 0 radical (unpaired) electrons. The number of hydrogen-bond donors (Lipinski definition) is 3. The number of benzene rings is 2. The van der Waals surface area contributed by atoms with Gasteiger partial charge in [0.1, 0.15) is 5.76 Å². The fraction of sp³-hybridized carbons (Fsp3) is 0.227. The molecule has 2 aromatic carbocycles. The van der Waals surface area contributed by atoms with Crippen molar-refractivity contribution in [1.82, 2.24) is 10.5 Å². The van der Waals surface area contributed by atoms with Crippen LogP contribution in [0.1, 0.15) is 35.1 Å². The molecule has 4 N–H and O–H groups in total. The van der Waals surface area contributed by atoms with E-state index in [4.69, 9.17) is 27.3 Å². The monoisotopic (exact) mass is 410 g/mol. The molecule has 0 saturated carbocycles. The summed E-state index contributed by atoms with van der Waals surface area (Å²) in [7, 11) is 0. The lowest BCUT2D eigenvalue weighted by Gasteiger charge is -2.17. The molecule has 7 heteroatoms. The molecular weight excluding hydrogens is 388 g/mol. The third-order valence-electron chi connectivity index (χ3n) is 4.74. The summed E-state index contributed by atoms with van der Waals surface area (Å²) in [5.41, 5.74) is 10.8. The van der Waals surface area contributed by atoms with Crippen LogP contribution in [0.3, 0.4) is 0 Å². The van der Waals surface area contributed by atoms with Crippen LogP contribution < -0.4 is 11.1 Å². The van der Waals surface area contributed by atoms with E-state index in [2.05, 4.69) is 10.5 Å². The summed E-state index contributed by atoms with van der Waals surface area (Å²) in [6.07, 6.45) is 0.519. The summed E-state index contributed by atoms with van der Waals surface area (Å²) >= 11 is 5.98. The van der Waals surface area contributed by atoms with Crippen LogP contribution in [-0.2, 0) is 6.42 Å². The first-order chi connectivity index (χ1) is 13.8. The molecule has 1 atom stereocenters. The van der Waals surface area contributed by atoms with Gasteiger partial charge >= 0.3 is 6.03 Å². The summed E-state index contributed by atoms with van der Waals surface area (Å²) in [5.74, 6) is 0.734. The van der Waals surface area contributed by atoms with E-state index in [1.807, 2.05) is 51.1 Å². The number of carbonyl (C=O) groups is 1. The Morgan fingerprint density at radius 2 is 1.93 bits per heavy atom. The van der Waals surface area contributed by atoms with Crippen molar-refractivity contribution in [3.05, 3.63) is 75.6 Å². The van der Waals surface area contributed by atoms with Gasteiger partial charge in [-0.25, -0.2) is 4.79 Å². The highest BCUT2D eigenvalue weighted by atomic mass is 35.5. The molecule has 0 spiro atoms. The Bertz CT molecular complexity index is 1040. The van der Waals surface area contributed by atoms with Gasteiger partial charge in [0.05, 0.1) is 11.4 Å². The van der Waals surface area contributed by atoms with Crippen molar-refractivity contribution in [2.75, 3.05) is 0 Å². The first-order valence-electron chi connectivity index (χ1n) is 9.23. The number of hydrogen-bond acceptors (Lipinski definition) is 4. The lowest BCUT2D eigenvalue weighted by molar-refractivity contribution is 0.246. The minimum Gasteiger partial charge on any atom is -0.361 e. The molecule has 3 aromatic rings. The number of urea groups is 1. The van der Waals surface area contributed by atoms with Gasteiger partial charge in [-0.1, -0.05) is 47.1 Å². The quantitative estimate of drug-likeness (QED) is 0.516. The second-order valence-electron chi connectivity index (χ2n) is 7.07. The molecule has 150 valence electrons. The summed E-state index contributed by atoms with van der Waals surface area (Å²) < 4.78 is 5.30. The maximum absolute atomic E-state index is 11.3. The standard InChI is InChI=1S/C22H23ClN4O2/c1-12(26-22(25)28)10-17-11-16(20-13(2)27-29-14(20)3)6-9-19(17)21(24)15-4-7-18(23)8-5-15/h4-9,11-12,24H,10H2,1-3H3,(H3,25,26,28). The molecule has 2 amide bonds. The number of aromatic nitrogens is 1. The Morgan fingerprint density at radius 1 is 1.24 bits per heavy atom. The zero-order valence-corrected chi connectivity index (χ0v) is 17.3. The van der Waals surface area contributed by atoms with Crippen LogP contribution in [0.4, 0.5) is 4.79 Å². The third kappa shape index (κ3) is 4.66. The highest BCUT2D eigenvalue weighted by Crippen LogP contribution is 2.30. The topological polar surface area (TPSA) is 105 Å². The first kappa shape index (κ1) is 20.6. The minimum atomic E-state index is -0.575. The molecular formula is C22H23ClN4O2. The molecule has 1 aromatic heterocycles. The summed E-state index contributed by atoms with van der Waals surface area (Å²) in [6.45, 7) is 5.64. The average molecular weight is 411 g/mol. The molecule has 1 heterocycles. The number of carbonyl (C=O) groups excluding carboxylic acids is 1. The third-order valence-corrected chi connectivity index (χ3v) is 5.00. The van der Waals surface area contributed by atoms with Gasteiger partial charge < -0.3 is 15.6 Å². The Balaban J connectivity index is 2.05. The van der Waals surface area contributed by atoms with Crippen LogP contribution in [0.2, 0.25) is 5.02 Å². The van der Waals surface area contributed by atoms with Gasteiger partial charge in [0.15, 0.2) is 0 Å². The number of aryl methyl sites for hydroxylation is 2. The second-order valence-corrected chi connectivity index (χ2v) is 7.50. The van der Waals surface area contributed by atoms with E-state index in [0.717, 1.165) is 39.3 Å². The fourth-order valence-corrected chi connectivity index (χ4v) is 3.58. The van der Waals surface area contributed by atoms with Crippen molar-refractivity contribution in [1.29, 1.82) is 5.41 Å². The molecule has 29 heavy (non-hydrogen) atoms. The average Bonchev–Trinajstić information content (AvgIpc) is 2.99. The number of nitrogens with two attached hydrogens (primary N) is 1. The van der Waals surface area contributed by atoms with Crippen molar-refractivity contribution in [3.8, 4) is 11.1 Å². The van der Waals surface area contributed by atoms with Crippen molar-refractivity contribution in [3.63, 3.8) is 0 Å². The highest BCUT2D eigenvalue weighted by Gasteiger charge is 2.18. The van der Waals surface area contributed by atoms with Crippen LogP contribution >= 0.6 is 11.6 Å². The number of nitrogens with zero attached hydrogens (tertiary/aromatic N) is 1. The van der Waals surface area contributed by atoms with Crippen molar-refractivity contribution >= 4 is 23.3 Å². The summed E-state index contributed by atoms with van der Waals surface area (Å²) in [5, 5.41) is 16.1. The number of nitrogens with one attached hydrogen (secondary N) is 2. The molecule has 0 saturated heterocycles. The van der Waals surface area contributed by atoms with E-state index < -0.39 is 6.03 Å². The largest absolute Gasteiger partial charge is 0.361 e. The van der Waals surface area contributed by atoms with Crippen LogP contribution in [0, 0.1) is 19.3 Å². The molecule has 6 nitrogen and oxygen atoms in total. The van der Waals surface area contributed by atoms with E-state index in [1.165, 1.54) is 0 Å². The Hall–Kier alpha value is -3.12. The van der Waals surface area contributed by atoms with Gasteiger partial charge in [-0.3, -0.25) is 5.41 Å². The summed E-state index contributed by atoms with van der Waals surface area (Å²) in [6, 6.07) is 12.3. The summed E-state index contributed by atoms with van der Waals surface area (Å²) in [4.78, 5) is 11.3. The smallest absolute Gasteiger partial charge is 0.312 e. The van der Waals surface area contributed by atoms with Gasteiger partial charge in [-0.2, -0.15) is 0 Å². The van der Waals surface area contributed by atoms with E-state index >= 15 is 0 Å². The van der Waals surface area contributed by atoms with Gasteiger partial charge in [0.2, 0.25) is 0 Å². The lowest BCUT2D eigenvalue weighted by Crippen LogP contribution is -2.38. The maximum atomic E-state index is 11.3. The molecule has 0 fully saturated rings. The highest BCUT2D eigenvalue weighted by molar-refractivity contribution is 6.30. The molecule has 3 rings (SSSR count). The van der Waals surface area contributed by atoms with E-state index in [1.54, 1.807) is 12.1 Å². The number of rotatable bonds is 6. The van der Waals surface area contributed by atoms with E-state index in [-0.39, 0.29) is 6.04 Å². The van der Waals surface area contributed by atoms with Crippen molar-refractivity contribution < 1.29 is 9.32 Å². The maximum Gasteiger partial charge on any atom is 0.312 e. The Labute approximate surface area is 174 Å². The van der Waals surface area contributed by atoms with Crippen LogP contribution in [0.25, 0.3) is 11.1 Å². The van der Waals surface area contributed by atoms with Crippen LogP contribution in [-0.4, -0.2) is 22.9 Å². The number of amides is 2. The molecule has 0 aliphatic heterocycles. The van der Waals surface area contributed by atoms with Gasteiger partial charge in [0, 0.05) is 27.8 Å². The molecule has 0 aliphatic rings. The Kier molecular flexibility index (Phi) is 6.03. The van der Waals surface area contributed by atoms with Gasteiger partial charge in [-0.15, -0.1) is 0 Å². The molecule has 1 unspecified atom stereocenters. The van der Waals surface area contributed by atoms with Crippen LogP contribution in [0.5, 0.6) is 0 Å². The zero-order valence-electron chi connectivity index (χ0n) is 16.5. The number of primary amides is 1. The second kappa shape index (κ2) is 8.49. The minimum absolute atomic E-state index is 0.191. The predicted molar refractivity (Wildman–Crippen MR) is 115 cm³/mol. The SMILES string of the molecule is Cc1noc(C)c1-c1ccc(C(=N)c2ccc(Cl)cc2)c(CC(C)NC(N)=O)c1.